The van der Waals surface area contributed by atoms with E-state index in [0.29, 0.717) is 65.1 Å². The van der Waals surface area contributed by atoms with Gasteiger partial charge in [-0.2, -0.15) is 8.78 Å². The van der Waals surface area contributed by atoms with Gasteiger partial charge in [-0.1, -0.05) is 23.2 Å². The van der Waals surface area contributed by atoms with Crippen molar-refractivity contribution in [2.75, 3.05) is 26.3 Å². The molecule has 2 aromatic heterocycles. The highest BCUT2D eigenvalue weighted by Gasteiger charge is 2.28. The number of carbonyl (C=O) groups excluding carboxylic acids is 1. The zero-order valence-corrected chi connectivity index (χ0v) is 19.5. The van der Waals surface area contributed by atoms with Crippen LogP contribution in [0.5, 0.6) is 0 Å². The van der Waals surface area contributed by atoms with Crippen LogP contribution in [0.2, 0.25) is 10.0 Å². The monoisotopic (exact) mass is 481 g/mol. The van der Waals surface area contributed by atoms with Crippen molar-refractivity contribution in [3.05, 3.63) is 62.4 Å². The predicted molar refractivity (Wildman–Crippen MR) is 121 cm³/mol. The Balaban J connectivity index is 1.73. The molecule has 1 aliphatic heterocycles. The molecule has 3 heterocycles. The maximum absolute atomic E-state index is 13.9. The highest BCUT2D eigenvalue weighted by molar-refractivity contribution is 6.38. The number of halogens is 4. The van der Waals surface area contributed by atoms with Gasteiger partial charge in [0.05, 0.1) is 23.8 Å². The van der Waals surface area contributed by atoms with Gasteiger partial charge in [0.25, 0.3) is 11.8 Å². The van der Waals surface area contributed by atoms with Gasteiger partial charge < -0.3 is 14.2 Å². The number of benzene rings is 1. The van der Waals surface area contributed by atoms with Gasteiger partial charge in [0, 0.05) is 49.6 Å². The van der Waals surface area contributed by atoms with Gasteiger partial charge in [0.2, 0.25) is 0 Å². The van der Waals surface area contributed by atoms with Crippen LogP contribution in [0.3, 0.4) is 0 Å². The maximum atomic E-state index is 13.9. The minimum absolute atomic E-state index is 0.166. The number of nitrogens with zero attached hydrogens (tertiary/aromatic N) is 3. The maximum Gasteiger partial charge on any atom is 0.287 e. The van der Waals surface area contributed by atoms with E-state index in [2.05, 4.69) is 4.98 Å². The summed E-state index contributed by atoms with van der Waals surface area (Å²) in [6.07, 6.45) is 0.325. The lowest BCUT2D eigenvalue weighted by Crippen LogP contribution is -2.40. The number of morpholine rings is 1. The zero-order valence-electron chi connectivity index (χ0n) is 18.0. The van der Waals surface area contributed by atoms with Crippen LogP contribution in [0, 0.1) is 6.92 Å². The Bertz CT molecular complexity index is 1200. The van der Waals surface area contributed by atoms with Crippen molar-refractivity contribution in [1.29, 1.82) is 0 Å². The second kappa shape index (κ2) is 8.61. The summed E-state index contributed by atoms with van der Waals surface area (Å²) < 4.78 is 34.8. The van der Waals surface area contributed by atoms with Crippen molar-refractivity contribution < 1.29 is 18.3 Å². The summed E-state index contributed by atoms with van der Waals surface area (Å²) in [7, 11) is 1.77. The fraction of sp³-hybridized carbons (Fsp3) is 0.391. The van der Waals surface area contributed by atoms with E-state index in [4.69, 9.17) is 27.9 Å². The average molecular weight is 482 g/mol. The van der Waals surface area contributed by atoms with Crippen molar-refractivity contribution >= 4 is 40.1 Å². The number of aromatic nitrogens is 2. The first-order chi connectivity index (χ1) is 15.1. The zero-order chi connectivity index (χ0) is 23.2. The van der Waals surface area contributed by atoms with Crippen LogP contribution in [0.4, 0.5) is 8.78 Å². The van der Waals surface area contributed by atoms with Crippen molar-refractivity contribution in [2.24, 2.45) is 7.05 Å². The first-order valence-corrected chi connectivity index (χ1v) is 11.0. The molecule has 9 heteroatoms. The number of ether oxygens (including phenoxy) is 1. The van der Waals surface area contributed by atoms with E-state index in [1.54, 1.807) is 35.6 Å². The summed E-state index contributed by atoms with van der Waals surface area (Å²) in [5.41, 5.74) is 2.69. The molecule has 0 unspecified atom stereocenters. The molecule has 0 bridgehead atoms. The van der Waals surface area contributed by atoms with E-state index in [1.165, 1.54) is 6.07 Å². The summed E-state index contributed by atoms with van der Waals surface area (Å²) in [6.45, 7) is 4.61. The quantitative estimate of drug-likeness (QED) is 0.503. The van der Waals surface area contributed by atoms with Crippen LogP contribution in [0.25, 0.3) is 11.0 Å². The molecule has 1 aliphatic rings. The number of hydrogen-bond donors (Lipinski definition) is 0. The van der Waals surface area contributed by atoms with Crippen LogP contribution in [-0.4, -0.2) is 46.7 Å². The van der Waals surface area contributed by atoms with Crippen LogP contribution >= 0.6 is 23.2 Å². The summed E-state index contributed by atoms with van der Waals surface area (Å²) in [4.78, 5) is 18.9. The number of pyridine rings is 1. The molecule has 32 heavy (non-hydrogen) atoms. The van der Waals surface area contributed by atoms with Crippen LogP contribution in [-0.2, 0) is 24.1 Å². The van der Waals surface area contributed by atoms with E-state index in [-0.39, 0.29) is 11.6 Å². The molecule has 170 valence electrons. The van der Waals surface area contributed by atoms with Crippen molar-refractivity contribution in [1.82, 2.24) is 14.5 Å². The topological polar surface area (TPSA) is 47.4 Å². The minimum atomic E-state index is -3.04. The number of rotatable bonds is 4. The van der Waals surface area contributed by atoms with E-state index in [1.807, 2.05) is 6.07 Å². The lowest BCUT2D eigenvalue weighted by atomic mass is 10.0. The molecule has 1 aromatic carbocycles. The third kappa shape index (κ3) is 4.21. The molecular weight excluding hydrogens is 459 g/mol. The SMILES string of the molecule is Cc1cc(C(C)(F)F)nc2c1cc(Cc1c(Cl)ccc(C(=O)N3CCOCC3)c1Cl)n2C. The number of hydrogen-bond acceptors (Lipinski definition) is 3. The Morgan fingerprint density at radius 3 is 2.56 bits per heavy atom. The van der Waals surface area contributed by atoms with Gasteiger partial charge >= 0.3 is 0 Å². The molecule has 0 saturated carbocycles. The van der Waals surface area contributed by atoms with Gasteiger partial charge in [-0.3, -0.25) is 4.79 Å². The number of fused-ring (bicyclic) bond motifs is 1. The highest BCUT2D eigenvalue weighted by Crippen LogP contribution is 2.34. The van der Waals surface area contributed by atoms with E-state index in [9.17, 15) is 13.6 Å². The second-order valence-corrected chi connectivity index (χ2v) is 8.90. The fourth-order valence-electron chi connectivity index (χ4n) is 3.94. The van der Waals surface area contributed by atoms with Crippen molar-refractivity contribution in [2.45, 2.75) is 26.2 Å². The third-order valence-electron chi connectivity index (χ3n) is 5.83. The van der Waals surface area contributed by atoms with E-state index < -0.39 is 5.92 Å². The Morgan fingerprint density at radius 2 is 1.91 bits per heavy atom. The smallest absolute Gasteiger partial charge is 0.287 e. The fourth-order valence-corrected chi connectivity index (χ4v) is 4.52. The second-order valence-electron chi connectivity index (χ2n) is 8.11. The molecule has 0 N–H and O–H groups in total. The van der Waals surface area contributed by atoms with E-state index >= 15 is 0 Å². The van der Waals surface area contributed by atoms with Gasteiger partial charge in [-0.25, -0.2) is 4.98 Å². The summed E-state index contributed by atoms with van der Waals surface area (Å²) in [5, 5.41) is 1.51. The van der Waals surface area contributed by atoms with Crippen molar-refractivity contribution in [3.63, 3.8) is 0 Å². The number of alkyl halides is 2. The Morgan fingerprint density at radius 1 is 1.22 bits per heavy atom. The Hall–Kier alpha value is -2.22. The van der Waals surface area contributed by atoms with Crippen molar-refractivity contribution in [3.8, 4) is 0 Å². The summed E-state index contributed by atoms with van der Waals surface area (Å²) >= 11 is 13.1. The molecule has 5 nitrogen and oxygen atoms in total. The number of amides is 1. The molecule has 1 amide bonds. The van der Waals surface area contributed by atoms with Gasteiger partial charge in [-0.15, -0.1) is 0 Å². The first-order valence-electron chi connectivity index (χ1n) is 10.3. The van der Waals surface area contributed by atoms with Gasteiger partial charge in [0.15, 0.2) is 0 Å². The molecule has 4 rings (SSSR count). The molecule has 0 spiro atoms. The van der Waals surface area contributed by atoms with Crippen LogP contribution in [0.15, 0.2) is 24.3 Å². The molecule has 3 aromatic rings. The molecule has 1 saturated heterocycles. The van der Waals surface area contributed by atoms with Crippen LogP contribution in [0.1, 0.15) is 39.8 Å². The molecule has 1 fully saturated rings. The lowest BCUT2D eigenvalue weighted by Gasteiger charge is -2.27. The summed E-state index contributed by atoms with van der Waals surface area (Å²) in [5.74, 6) is -3.20. The summed E-state index contributed by atoms with van der Waals surface area (Å²) in [6, 6.07) is 6.61. The minimum Gasteiger partial charge on any atom is -0.378 e. The van der Waals surface area contributed by atoms with E-state index in [0.717, 1.165) is 18.0 Å². The lowest BCUT2D eigenvalue weighted by molar-refractivity contribution is 0.0130. The Labute approximate surface area is 194 Å². The van der Waals surface area contributed by atoms with Gasteiger partial charge in [-0.05, 0) is 42.3 Å². The van der Waals surface area contributed by atoms with Gasteiger partial charge in [0.1, 0.15) is 11.3 Å². The standard InChI is InChI=1S/C23H23Cl2F2N3O2/c1-13-10-19(23(2,26)27)28-21-16(13)11-14(29(21)3)12-17-18(24)5-4-15(20(17)25)22(31)30-6-8-32-9-7-30/h4-5,10-11H,6-9,12H2,1-3H3. The first kappa shape index (κ1) is 23.0. The predicted octanol–water partition coefficient (Wildman–Crippen LogP) is 5.36. The molecule has 0 aliphatic carbocycles. The number of carbonyl (C=O) groups is 1. The normalized spacial score (nSPS) is 14.9. The molecular formula is C23H23Cl2F2N3O2. The number of aryl methyl sites for hydroxylation is 2. The Kier molecular flexibility index (Phi) is 6.18. The molecule has 0 atom stereocenters. The largest absolute Gasteiger partial charge is 0.378 e. The molecule has 0 radical (unpaired) electrons. The van der Waals surface area contributed by atoms with Crippen LogP contribution < -0.4 is 0 Å². The third-order valence-corrected chi connectivity index (χ3v) is 6.61. The highest BCUT2D eigenvalue weighted by atomic mass is 35.5. The average Bonchev–Trinajstić information content (AvgIpc) is 3.07.